The van der Waals surface area contributed by atoms with Gasteiger partial charge in [-0.15, -0.1) is 0 Å². The SMILES string of the molecule is C=C(O)C1CCCN(Sc2cccc(Cl)c2C(F)(F)F)C1. The van der Waals surface area contributed by atoms with Crippen LogP contribution in [0.1, 0.15) is 18.4 Å². The van der Waals surface area contributed by atoms with E-state index in [0.717, 1.165) is 24.8 Å². The third kappa shape index (κ3) is 4.08. The maximum absolute atomic E-state index is 13.1. The molecule has 0 bridgehead atoms. The molecule has 2 nitrogen and oxygen atoms in total. The van der Waals surface area contributed by atoms with Gasteiger partial charge < -0.3 is 5.11 Å². The molecule has 0 saturated carbocycles. The van der Waals surface area contributed by atoms with E-state index < -0.39 is 11.7 Å². The van der Waals surface area contributed by atoms with E-state index in [1.165, 1.54) is 18.2 Å². The largest absolute Gasteiger partial charge is 0.513 e. The van der Waals surface area contributed by atoms with Crippen LogP contribution in [0.4, 0.5) is 13.2 Å². The number of alkyl halides is 3. The average molecular weight is 338 g/mol. The standard InChI is InChI=1S/C14H15ClF3NOS/c1-9(20)10-4-3-7-19(8-10)21-12-6-2-5-11(15)13(12)14(16,17)18/h2,5-6,10,20H,1,3-4,7-8H2. The maximum Gasteiger partial charge on any atom is 0.418 e. The second-order valence-electron chi connectivity index (χ2n) is 4.92. The van der Waals surface area contributed by atoms with E-state index in [2.05, 4.69) is 6.58 Å². The molecule has 7 heteroatoms. The van der Waals surface area contributed by atoms with Gasteiger partial charge in [-0.3, -0.25) is 0 Å². The number of aliphatic hydroxyl groups excluding tert-OH is 1. The highest BCUT2D eigenvalue weighted by Gasteiger charge is 2.37. The van der Waals surface area contributed by atoms with E-state index in [1.807, 2.05) is 4.31 Å². The van der Waals surface area contributed by atoms with Gasteiger partial charge in [-0.1, -0.05) is 24.2 Å². The Balaban J connectivity index is 2.20. The van der Waals surface area contributed by atoms with E-state index in [0.29, 0.717) is 13.1 Å². The highest BCUT2D eigenvalue weighted by Crippen LogP contribution is 2.42. The minimum Gasteiger partial charge on any atom is -0.513 e. The zero-order chi connectivity index (χ0) is 15.6. The summed E-state index contributed by atoms with van der Waals surface area (Å²) in [5, 5.41) is 9.16. The normalized spacial score (nSPS) is 20.5. The fraction of sp³-hybridized carbons (Fsp3) is 0.429. The Morgan fingerprint density at radius 1 is 1.43 bits per heavy atom. The molecule has 1 aliphatic rings. The second-order valence-corrected chi connectivity index (χ2v) is 6.47. The Morgan fingerprint density at radius 3 is 2.76 bits per heavy atom. The third-order valence-electron chi connectivity index (χ3n) is 3.34. The molecule has 1 heterocycles. The predicted octanol–water partition coefficient (Wildman–Crippen LogP) is 5.15. The average Bonchev–Trinajstić information content (AvgIpc) is 2.37. The Labute approximate surface area is 130 Å². The van der Waals surface area contributed by atoms with Crippen LogP contribution in [0.3, 0.4) is 0 Å². The van der Waals surface area contributed by atoms with Crippen molar-refractivity contribution in [3.8, 4) is 0 Å². The van der Waals surface area contributed by atoms with Crippen molar-refractivity contribution in [3.05, 3.63) is 41.1 Å². The first-order chi connectivity index (χ1) is 9.79. The maximum atomic E-state index is 13.1. The summed E-state index contributed by atoms with van der Waals surface area (Å²) in [6.45, 7) is 4.65. The predicted molar refractivity (Wildman–Crippen MR) is 78.4 cm³/mol. The molecule has 1 atom stereocenters. The zero-order valence-electron chi connectivity index (χ0n) is 11.2. The Morgan fingerprint density at radius 2 is 2.14 bits per heavy atom. The second kappa shape index (κ2) is 6.50. The first-order valence-electron chi connectivity index (χ1n) is 6.45. The van der Waals surface area contributed by atoms with Crippen molar-refractivity contribution < 1.29 is 18.3 Å². The fourth-order valence-corrected chi connectivity index (χ4v) is 3.84. The smallest absolute Gasteiger partial charge is 0.418 e. The van der Waals surface area contributed by atoms with Gasteiger partial charge in [0.1, 0.15) is 0 Å². The first kappa shape index (κ1) is 16.5. The number of hydrogen-bond acceptors (Lipinski definition) is 3. The Hall–Kier alpha value is -0.850. The van der Waals surface area contributed by atoms with Crippen LogP contribution in [0.15, 0.2) is 35.4 Å². The van der Waals surface area contributed by atoms with Crippen LogP contribution < -0.4 is 0 Å². The minimum atomic E-state index is -4.49. The lowest BCUT2D eigenvalue weighted by Crippen LogP contribution is -2.31. The molecule has 1 saturated heterocycles. The van der Waals surface area contributed by atoms with Crippen molar-refractivity contribution in [3.63, 3.8) is 0 Å². The molecule has 1 fully saturated rings. The summed E-state index contributed by atoms with van der Waals surface area (Å²) in [4.78, 5) is 0.0826. The molecule has 1 aromatic rings. The van der Waals surface area contributed by atoms with E-state index in [1.54, 1.807) is 0 Å². The van der Waals surface area contributed by atoms with Gasteiger partial charge in [0.25, 0.3) is 0 Å². The lowest BCUT2D eigenvalue weighted by atomic mass is 9.98. The molecule has 0 radical (unpaired) electrons. The summed E-state index contributed by atoms with van der Waals surface area (Å²) in [7, 11) is 0. The topological polar surface area (TPSA) is 23.5 Å². The van der Waals surface area contributed by atoms with E-state index in [4.69, 9.17) is 11.6 Å². The number of benzene rings is 1. The molecule has 0 spiro atoms. The first-order valence-corrected chi connectivity index (χ1v) is 7.60. The molecule has 0 aromatic heterocycles. The summed E-state index contributed by atoms with van der Waals surface area (Å²) >= 11 is 6.73. The van der Waals surface area contributed by atoms with E-state index in [-0.39, 0.29) is 21.6 Å². The minimum absolute atomic E-state index is 0.0826. The summed E-state index contributed by atoms with van der Waals surface area (Å²) in [6.07, 6.45) is -2.89. The highest BCUT2D eigenvalue weighted by atomic mass is 35.5. The molecule has 21 heavy (non-hydrogen) atoms. The zero-order valence-corrected chi connectivity index (χ0v) is 12.7. The number of halogens is 4. The van der Waals surface area contributed by atoms with Crippen molar-refractivity contribution in [1.82, 2.24) is 4.31 Å². The van der Waals surface area contributed by atoms with Crippen LogP contribution in [0.2, 0.25) is 5.02 Å². The monoisotopic (exact) mass is 337 g/mol. The van der Waals surface area contributed by atoms with Crippen LogP contribution in [0, 0.1) is 5.92 Å². The van der Waals surface area contributed by atoms with Crippen LogP contribution in [-0.4, -0.2) is 22.5 Å². The summed E-state index contributed by atoms with van der Waals surface area (Å²) in [5.74, 6) is -0.0118. The van der Waals surface area contributed by atoms with Gasteiger partial charge in [-0.25, -0.2) is 4.31 Å². The summed E-state index contributed by atoms with van der Waals surface area (Å²) in [6, 6.07) is 4.16. The molecular formula is C14H15ClF3NOS. The van der Waals surface area contributed by atoms with Crippen molar-refractivity contribution >= 4 is 23.5 Å². The number of piperidine rings is 1. The van der Waals surface area contributed by atoms with Crippen molar-refractivity contribution in [2.24, 2.45) is 5.92 Å². The number of hydrogen-bond donors (Lipinski definition) is 1. The summed E-state index contributed by atoms with van der Waals surface area (Å²) in [5.41, 5.74) is -0.804. The molecule has 1 aliphatic heterocycles. The van der Waals surface area contributed by atoms with Gasteiger partial charge in [0, 0.05) is 23.9 Å². The van der Waals surface area contributed by atoms with Crippen molar-refractivity contribution in [1.29, 1.82) is 0 Å². The van der Waals surface area contributed by atoms with Gasteiger partial charge in [0.2, 0.25) is 0 Å². The molecule has 116 valence electrons. The van der Waals surface area contributed by atoms with Crippen LogP contribution >= 0.6 is 23.5 Å². The van der Waals surface area contributed by atoms with Crippen molar-refractivity contribution in [2.45, 2.75) is 23.9 Å². The Bertz CT molecular complexity index is 535. The third-order valence-corrected chi connectivity index (χ3v) is 4.78. The lowest BCUT2D eigenvalue weighted by molar-refractivity contribution is -0.139. The highest BCUT2D eigenvalue weighted by molar-refractivity contribution is 7.97. The number of nitrogens with zero attached hydrogens (tertiary/aromatic N) is 1. The molecule has 1 unspecified atom stereocenters. The van der Waals surface area contributed by atoms with E-state index >= 15 is 0 Å². The molecule has 1 N–H and O–H groups in total. The van der Waals surface area contributed by atoms with Gasteiger partial charge in [-0.2, -0.15) is 13.2 Å². The molecule has 0 aliphatic carbocycles. The van der Waals surface area contributed by atoms with Gasteiger partial charge in [0.05, 0.1) is 16.3 Å². The number of rotatable bonds is 3. The molecule has 2 rings (SSSR count). The quantitative estimate of drug-likeness (QED) is 0.609. The lowest BCUT2D eigenvalue weighted by Gasteiger charge is -2.31. The molecule has 1 aromatic carbocycles. The van der Waals surface area contributed by atoms with Gasteiger partial charge in [0.15, 0.2) is 0 Å². The van der Waals surface area contributed by atoms with Gasteiger partial charge >= 0.3 is 6.18 Å². The molecule has 0 amide bonds. The fourth-order valence-electron chi connectivity index (χ4n) is 2.29. The van der Waals surface area contributed by atoms with Gasteiger partial charge in [-0.05, 0) is 36.9 Å². The van der Waals surface area contributed by atoms with Crippen LogP contribution in [0.5, 0.6) is 0 Å². The van der Waals surface area contributed by atoms with Crippen LogP contribution in [0.25, 0.3) is 0 Å². The molecular weight excluding hydrogens is 323 g/mol. The van der Waals surface area contributed by atoms with Crippen molar-refractivity contribution in [2.75, 3.05) is 13.1 Å². The summed E-state index contributed by atoms with van der Waals surface area (Å²) < 4.78 is 41.1. The number of aliphatic hydroxyl groups is 1. The van der Waals surface area contributed by atoms with E-state index in [9.17, 15) is 18.3 Å². The Kier molecular flexibility index (Phi) is 5.11. The van der Waals surface area contributed by atoms with Crippen LogP contribution in [-0.2, 0) is 6.18 Å².